The number of nitrogens with zero attached hydrogens (tertiary/aromatic N) is 1. The van der Waals surface area contributed by atoms with Crippen LogP contribution in [0.5, 0.6) is 0 Å². The standard InChI is InChI=1S/C15H15NO/c17-11-12-7-8-15(16-9-3-4-10-16)14-6-2-1-5-13(12)14/h1-2,5-8,11H,3-4,9-10H2. The Labute approximate surface area is 101 Å². The van der Waals surface area contributed by atoms with Crippen LogP contribution >= 0.6 is 0 Å². The fraction of sp³-hybridized carbons (Fsp3) is 0.267. The summed E-state index contributed by atoms with van der Waals surface area (Å²) in [5.74, 6) is 0. The zero-order valence-electron chi connectivity index (χ0n) is 9.73. The zero-order chi connectivity index (χ0) is 11.7. The van der Waals surface area contributed by atoms with Crippen molar-refractivity contribution >= 4 is 22.7 Å². The molecule has 0 bridgehead atoms. The molecule has 86 valence electrons. The summed E-state index contributed by atoms with van der Waals surface area (Å²) < 4.78 is 0. The summed E-state index contributed by atoms with van der Waals surface area (Å²) in [4.78, 5) is 13.5. The van der Waals surface area contributed by atoms with Crippen LogP contribution in [0.2, 0.25) is 0 Å². The minimum absolute atomic E-state index is 0.781. The van der Waals surface area contributed by atoms with Gasteiger partial charge in [-0.15, -0.1) is 0 Å². The highest BCUT2D eigenvalue weighted by Gasteiger charge is 2.15. The zero-order valence-corrected chi connectivity index (χ0v) is 9.73. The lowest BCUT2D eigenvalue weighted by molar-refractivity contribution is 0.112. The minimum Gasteiger partial charge on any atom is -0.371 e. The number of fused-ring (bicyclic) bond motifs is 1. The highest BCUT2D eigenvalue weighted by molar-refractivity contribution is 6.04. The molecule has 1 heterocycles. The first-order valence-electron chi connectivity index (χ1n) is 6.12. The third-order valence-electron chi connectivity index (χ3n) is 3.51. The Kier molecular flexibility index (Phi) is 2.56. The van der Waals surface area contributed by atoms with Gasteiger partial charge in [0.1, 0.15) is 0 Å². The van der Waals surface area contributed by atoms with Crippen molar-refractivity contribution in [1.82, 2.24) is 0 Å². The van der Waals surface area contributed by atoms with E-state index < -0.39 is 0 Å². The molecule has 2 aromatic carbocycles. The van der Waals surface area contributed by atoms with Crippen LogP contribution < -0.4 is 4.90 Å². The van der Waals surface area contributed by atoms with Gasteiger partial charge in [0, 0.05) is 29.7 Å². The SMILES string of the molecule is O=Cc1ccc(N2CCCC2)c2ccccc12. The molecular weight excluding hydrogens is 210 g/mol. The monoisotopic (exact) mass is 225 g/mol. The molecule has 17 heavy (non-hydrogen) atoms. The molecule has 0 unspecified atom stereocenters. The summed E-state index contributed by atoms with van der Waals surface area (Å²) in [6.45, 7) is 2.26. The van der Waals surface area contributed by atoms with Gasteiger partial charge in [-0.1, -0.05) is 24.3 Å². The summed E-state index contributed by atoms with van der Waals surface area (Å²) in [6.07, 6.45) is 3.48. The van der Waals surface area contributed by atoms with E-state index >= 15 is 0 Å². The van der Waals surface area contributed by atoms with E-state index in [1.54, 1.807) is 0 Å². The molecule has 0 aromatic heterocycles. The molecule has 1 aliphatic heterocycles. The number of hydrogen-bond donors (Lipinski definition) is 0. The second-order valence-electron chi connectivity index (χ2n) is 4.53. The van der Waals surface area contributed by atoms with E-state index in [0.717, 1.165) is 30.3 Å². The number of carbonyl (C=O) groups excluding carboxylic acids is 1. The van der Waals surface area contributed by atoms with Crippen molar-refractivity contribution in [1.29, 1.82) is 0 Å². The van der Waals surface area contributed by atoms with Gasteiger partial charge in [-0.05, 0) is 30.4 Å². The van der Waals surface area contributed by atoms with E-state index in [-0.39, 0.29) is 0 Å². The molecule has 0 spiro atoms. The highest BCUT2D eigenvalue weighted by atomic mass is 16.1. The first kappa shape index (κ1) is 10.3. The van der Waals surface area contributed by atoms with Crippen LogP contribution in [0, 0.1) is 0 Å². The van der Waals surface area contributed by atoms with Gasteiger partial charge >= 0.3 is 0 Å². The smallest absolute Gasteiger partial charge is 0.150 e. The molecule has 0 N–H and O–H groups in total. The molecule has 1 fully saturated rings. The summed E-state index contributed by atoms with van der Waals surface area (Å²) in [7, 11) is 0. The number of aldehydes is 1. The van der Waals surface area contributed by atoms with Crippen molar-refractivity contribution in [3.05, 3.63) is 42.0 Å². The van der Waals surface area contributed by atoms with E-state index in [9.17, 15) is 4.79 Å². The molecule has 2 nitrogen and oxygen atoms in total. The maximum atomic E-state index is 11.0. The average Bonchev–Trinajstić information content (AvgIpc) is 2.91. The molecule has 2 aromatic rings. The van der Waals surface area contributed by atoms with Gasteiger partial charge in [-0.25, -0.2) is 0 Å². The van der Waals surface area contributed by atoms with Gasteiger partial charge in [0.2, 0.25) is 0 Å². The largest absolute Gasteiger partial charge is 0.371 e. The molecule has 2 heteroatoms. The maximum Gasteiger partial charge on any atom is 0.150 e. The van der Waals surface area contributed by atoms with Crippen molar-refractivity contribution in [2.45, 2.75) is 12.8 Å². The van der Waals surface area contributed by atoms with Crippen LogP contribution in [0.15, 0.2) is 36.4 Å². The number of carbonyl (C=O) groups is 1. The van der Waals surface area contributed by atoms with Crippen molar-refractivity contribution < 1.29 is 4.79 Å². The summed E-state index contributed by atoms with van der Waals surface area (Å²) in [5.41, 5.74) is 2.05. The van der Waals surface area contributed by atoms with E-state index in [1.165, 1.54) is 23.9 Å². The normalized spacial score (nSPS) is 15.4. The number of anilines is 1. The molecule has 0 radical (unpaired) electrons. The quantitative estimate of drug-likeness (QED) is 0.731. The number of benzene rings is 2. The fourth-order valence-electron chi connectivity index (χ4n) is 2.64. The molecule has 0 aliphatic carbocycles. The molecular formula is C15H15NO. The van der Waals surface area contributed by atoms with Crippen LogP contribution in [0.1, 0.15) is 23.2 Å². The molecule has 0 atom stereocenters. The Hall–Kier alpha value is -1.83. The second-order valence-corrected chi connectivity index (χ2v) is 4.53. The first-order chi connectivity index (χ1) is 8.40. The van der Waals surface area contributed by atoms with E-state index in [1.807, 2.05) is 24.3 Å². The molecule has 1 aliphatic rings. The Morgan fingerprint density at radius 1 is 0.941 bits per heavy atom. The minimum atomic E-state index is 0.781. The highest BCUT2D eigenvalue weighted by Crippen LogP contribution is 2.30. The topological polar surface area (TPSA) is 20.3 Å². The van der Waals surface area contributed by atoms with Crippen LogP contribution in [0.25, 0.3) is 10.8 Å². The summed E-state index contributed by atoms with van der Waals surface area (Å²) in [5, 5.41) is 2.26. The Morgan fingerprint density at radius 2 is 1.65 bits per heavy atom. The van der Waals surface area contributed by atoms with Gasteiger partial charge < -0.3 is 4.90 Å². The van der Waals surface area contributed by atoms with Crippen LogP contribution in [-0.4, -0.2) is 19.4 Å². The van der Waals surface area contributed by atoms with Gasteiger partial charge in [0.05, 0.1) is 0 Å². The van der Waals surface area contributed by atoms with E-state index in [4.69, 9.17) is 0 Å². The third-order valence-corrected chi connectivity index (χ3v) is 3.51. The Morgan fingerprint density at radius 3 is 2.35 bits per heavy atom. The summed E-state index contributed by atoms with van der Waals surface area (Å²) >= 11 is 0. The third kappa shape index (κ3) is 1.70. The molecule has 3 rings (SSSR count). The predicted molar refractivity (Wildman–Crippen MR) is 70.8 cm³/mol. The van der Waals surface area contributed by atoms with Crippen molar-refractivity contribution in [3.63, 3.8) is 0 Å². The predicted octanol–water partition coefficient (Wildman–Crippen LogP) is 3.25. The first-order valence-corrected chi connectivity index (χ1v) is 6.12. The maximum absolute atomic E-state index is 11.0. The lowest BCUT2D eigenvalue weighted by Gasteiger charge is -2.20. The number of rotatable bonds is 2. The Bertz CT molecular complexity index is 556. The van der Waals surface area contributed by atoms with Crippen LogP contribution in [-0.2, 0) is 0 Å². The molecule has 0 saturated carbocycles. The average molecular weight is 225 g/mol. The van der Waals surface area contributed by atoms with Crippen LogP contribution in [0.3, 0.4) is 0 Å². The lowest BCUT2D eigenvalue weighted by Crippen LogP contribution is -2.17. The van der Waals surface area contributed by atoms with Gasteiger partial charge in [-0.3, -0.25) is 4.79 Å². The number of hydrogen-bond acceptors (Lipinski definition) is 2. The fourth-order valence-corrected chi connectivity index (χ4v) is 2.64. The van der Waals surface area contributed by atoms with Gasteiger partial charge in [0.25, 0.3) is 0 Å². The molecule has 0 amide bonds. The van der Waals surface area contributed by atoms with E-state index in [2.05, 4.69) is 17.0 Å². The van der Waals surface area contributed by atoms with Gasteiger partial charge in [-0.2, -0.15) is 0 Å². The Balaban J connectivity index is 2.22. The van der Waals surface area contributed by atoms with Crippen LogP contribution in [0.4, 0.5) is 5.69 Å². The second kappa shape index (κ2) is 4.21. The summed E-state index contributed by atoms with van der Waals surface area (Å²) in [6, 6.07) is 12.2. The van der Waals surface area contributed by atoms with E-state index in [0.29, 0.717) is 0 Å². The molecule has 1 saturated heterocycles. The van der Waals surface area contributed by atoms with Crippen molar-refractivity contribution in [3.8, 4) is 0 Å². The van der Waals surface area contributed by atoms with Crippen molar-refractivity contribution in [2.75, 3.05) is 18.0 Å². The van der Waals surface area contributed by atoms with Gasteiger partial charge in [0.15, 0.2) is 6.29 Å². The van der Waals surface area contributed by atoms with Crippen molar-refractivity contribution in [2.24, 2.45) is 0 Å². The lowest BCUT2D eigenvalue weighted by atomic mass is 10.0.